The van der Waals surface area contributed by atoms with Gasteiger partial charge in [0.15, 0.2) is 11.5 Å². The van der Waals surface area contributed by atoms with Crippen LogP contribution in [0.1, 0.15) is 13.8 Å². The molecule has 0 unspecified atom stereocenters. The molecule has 1 saturated heterocycles. The van der Waals surface area contributed by atoms with Crippen molar-refractivity contribution in [2.24, 2.45) is 5.41 Å². The third-order valence-electron chi connectivity index (χ3n) is 4.52. The fourth-order valence-corrected chi connectivity index (χ4v) is 2.76. The lowest BCUT2D eigenvalue weighted by Gasteiger charge is -2.36. The van der Waals surface area contributed by atoms with E-state index in [0.29, 0.717) is 30.3 Å². The maximum absolute atomic E-state index is 12.7. The van der Waals surface area contributed by atoms with Gasteiger partial charge in [-0.15, -0.1) is 0 Å². The zero-order chi connectivity index (χ0) is 17.3. The Morgan fingerprint density at radius 2 is 1.75 bits per heavy atom. The van der Waals surface area contributed by atoms with Crippen LogP contribution in [0.2, 0.25) is 0 Å². The van der Waals surface area contributed by atoms with Gasteiger partial charge in [0.1, 0.15) is 5.41 Å². The fourth-order valence-electron chi connectivity index (χ4n) is 2.76. The van der Waals surface area contributed by atoms with Crippen molar-refractivity contribution < 1.29 is 19.1 Å². The quantitative estimate of drug-likeness (QED) is 0.841. The molecule has 0 spiro atoms. The molecule has 1 aromatic rings. The lowest BCUT2D eigenvalue weighted by molar-refractivity contribution is -0.147. The number of anilines is 1. The van der Waals surface area contributed by atoms with Gasteiger partial charge < -0.3 is 24.6 Å². The molecule has 1 aromatic carbocycles. The van der Waals surface area contributed by atoms with Gasteiger partial charge in [-0.3, -0.25) is 9.59 Å². The summed E-state index contributed by atoms with van der Waals surface area (Å²) in [5.41, 5.74) is -0.546. The van der Waals surface area contributed by atoms with E-state index in [1.807, 2.05) is 7.05 Å². The summed E-state index contributed by atoms with van der Waals surface area (Å²) in [6.07, 6.45) is 0. The number of nitrogens with zero attached hydrogens (tertiary/aromatic N) is 2. The van der Waals surface area contributed by atoms with Gasteiger partial charge in [0.25, 0.3) is 0 Å². The van der Waals surface area contributed by atoms with E-state index in [1.165, 1.54) is 0 Å². The Kier molecular flexibility index (Phi) is 4.36. The summed E-state index contributed by atoms with van der Waals surface area (Å²) in [5.74, 6) is 0.774. The first-order valence-corrected chi connectivity index (χ1v) is 8.07. The highest BCUT2D eigenvalue weighted by Gasteiger charge is 2.40. The number of ether oxygens (including phenoxy) is 2. The monoisotopic (exact) mass is 333 g/mol. The lowest BCUT2D eigenvalue weighted by atomic mass is 9.89. The van der Waals surface area contributed by atoms with Crippen LogP contribution >= 0.6 is 0 Å². The van der Waals surface area contributed by atoms with Crippen LogP contribution in [-0.4, -0.2) is 61.6 Å². The number of benzene rings is 1. The van der Waals surface area contributed by atoms with Crippen molar-refractivity contribution in [1.29, 1.82) is 0 Å². The molecular weight excluding hydrogens is 310 g/mol. The first-order chi connectivity index (χ1) is 11.4. The minimum Gasteiger partial charge on any atom is -0.454 e. The molecule has 7 nitrogen and oxygen atoms in total. The molecule has 2 heterocycles. The molecule has 0 bridgehead atoms. The Morgan fingerprint density at radius 1 is 1.08 bits per heavy atom. The van der Waals surface area contributed by atoms with Gasteiger partial charge >= 0.3 is 0 Å². The van der Waals surface area contributed by atoms with Crippen LogP contribution in [0.4, 0.5) is 5.69 Å². The fraction of sp³-hybridized carbons (Fsp3) is 0.529. The number of amides is 2. The molecule has 7 heteroatoms. The standard InChI is InChI=1S/C17H23N3O4/c1-17(2,16(22)20-8-6-19(3)7-9-20)15(21)18-12-4-5-13-14(10-12)24-11-23-13/h4-5,10H,6-9,11H2,1-3H3,(H,18,21). The predicted octanol–water partition coefficient (Wildman–Crippen LogP) is 1.15. The average molecular weight is 333 g/mol. The van der Waals surface area contributed by atoms with Gasteiger partial charge in [-0.25, -0.2) is 0 Å². The number of carbonyl (C=O) groups excluding carboxylic acids is 2. The number of nitrogens with one attached hydrogen (secondary N) is 1. The Labute approximate surface area is 141 Å². The molecule has 0 radical (unpaired) electrons. The van der Waals surface area contributed by atoms with E-state index < -0.39 is 5.41 Å². The Balaban J connectivity index is 1.67. The molecule has 0 aromatic heterocycles. The van der Waals surface area contributed by atoms with Crippen LogP contribution in [-0.2, 0) is 9.59 Å². The van der Waals surface area contributed by atoms with Gasteiger partial charge in [-0.1, -0.05) is 0 Å². The first-order valence-electron chi connectivity index (χ1n) is 8.07. The molecule has 0 saturated carbocycles. The zero-order valence-electron chi connectivity index (χ0n) is 14.3. The van der Waals surface area contributed by atoms with Gasteiger partial charge in [-0.2, -0.15) is 0 Å². The number of rotatable bonds is 3. The van der Waals surface area contributed by atoms with E-state index in [1.54, 1.807) is 36.9 Å². The SMILES string of the molecule is CN1CCN(C(=O)C(C)(C)C(=O)Nc2ccc3c(c2)OCO3)CC1. The lowest BCUT2D eigenvalue weighted by Crippen LogP contribution is -2.53. The van der Waals surface area contributed by atoms with Crippen LogP contribution < -0.4 is 14.8 Å². The molecule has 0 atom stereocenters. The third kappa shape index (κ3) is 3.17. The zero-order valence-corrected chi connectivity index (χ0v) is 14.3. The Bertz CT molecular complexity index is 651. The molecule has 1 N–H and O–H groups in total. The van der Waals surface area contributed by atoms with E-state index >= 15 is 0 Å². The molecule has 24 heavy (non-hydrogen) atoms. The van der Waals surface area contributed by atoms with E-state index in [4.69, 9.17) is 9.47 Å². The van der Waals surface area contributed by atoms with Crippen molar-refractivity contribution >= 4 is 17.5 Å². The van der Waals surface area contributed by atoms with Crippen molar-refractivity contribution in [2.45, 2.75) is 13.8 Å². The molecule has 2 aliphatic rings. The summed E-state index contributed by atoms with van der Waals surface area (Å²) in [6, 6.07) is 5.19. The predicted molar refractivity (Wildman–Crippen MR) is 89.1 cm³/mol. The van der Waals surface area contributed by atoms with Crippen LogP contribution in [0, 0.1) is 5.41 Å². The van der Waals surface area contributed by atoms with Crippen molar-refractivity contribution in [2.75, 3.05) is 45.3 Å². The Morgan fingerprint density at radius 3 is 2.46 bits per heavy atom. The minimum atomic E-state index is -1.13. The number of hydrogen-bond acceptors (Lipinski definition) is 5. The van der Waals surface area contributed by atoms with Crippen LogP contribution in [0.15, 0.2) is 18.2 Å². The number of piperazine rings is 1. The number of carbonyl (C=O) groups is 2. The van der Waals surface area contributed by atoms with Gasteiger partial charge in [0.05, 0.1) is 0 Å². The summed E-state index contributed by atoms with van der Waals surface area (Å²) >= 11 is 0. The summed E-state index contributed by atoms with van der Waals surface area (Å²) < 4.78 is 10.6. The molecular formula is C17H23N3O4. The second-order valence-corrected chi connectivity index (χ2v) is 6.74. The van der Waals surface area contributed by atoms with Crippen molar-refractivity contribution in [3.8, 4) is 11.5 Å². The normalized spacial score (nSPS) is 17.7. The molecule has 1 fully saturated rings. The highest BCUT2D eigenvalue weighted by atomic mass is 16.7. The van der Waals surface area contributed by atoms with Crippen LogP contribution in [0.25, 0.3) is 0 Å². The van der Waals surface area contributed by atoms with Crippen molar-refractivity contribution in [3.05, 3.63) is 18.2 Å². The summed E-state index contributed by atoms with van der Waals surface area (Å²) in [7, 11) is 2.03. The number of hydrogen-bond donors (Lipinski definition) is 1. The molecule has 2 amide bonds. The summed E-state index contributed by atoms with van der Waals surface area (Å²) in [4.78, 5) is 29.3. The van der Waals surface area contributed by atoms with Crippen LogP contribution in [0.3, 0.4) is 0 Å². The summed E-state index contributed by atoms with van der Waals surface area (Å²) in [5, 5.41) is 2.81. The maximum atomic E-state index is 12.7. The van der Waals surface area contributed by atoms with Crippen LogP contribution in [0.5, 0.6) is 11.5 Å². The molecule has 3 rings (SSSR count). The summed E-state index contributed by atoms with van der Waals surface area (Å²) in [6.45, 7) is 6.45. The Hall–Kier alpha value is -2.28. The molecule has 130 valence electrons. The second-order valence-electron chi connectivity index (χ2n) is 6.74. The average Bonchev–Trinajstić information content (AvgIpc) is 3.02. The van der Waals surface area contributed by atoms with Crippen molar-refractivity contribution in [1.82, 2.24) is 9.80 Å². The van der Waals surface area contributed by atoms with Gasteiger partial charge in [0.2, 0.25) is 18.6 Å². The number of fused-ring (bicyclic) bond motifs is 1. The van der Waals surface area contributed by atoms with E-state index in [0.717, 1.165) is 13.1 Å². The van der Waals surface area contributed by atoms with Gasteiger partial charge in [0, 0.05) is 37.9 Å². The van der Waals surface area contributed by atoms with Crippen molar-refractivity contribution in [3.63, 3.8) is 0 Å². The van der Waals surface area contributed by atoms with Gasteiger partial charge in [-0.05, 0) is 33.0 Å². The van der Waals surface area contributed by atoms with E-state index in [2.05, 4.69) is 10.2 Å². The number of likely N-dealkylation sites (N-methyl/N-ethyl adjacent to an activating group) is 1. The minimum absolute atomic E-state index is 0.145. The topological polar surface area (TPSA) is 71.1 Å². The highest BCUT2D eigenvalue weighted by Crippen LogP contribution is 2.34. The van der Waals surface area contributed by atoms with E-state index in [-0.39, 0.29) is 18.6 Å². The third-order valence-corrected chi connectivity index (χ3v) is 4.52. The van der Waals surface area contributed by atoms with E-state index in [9.17, 15) is 9.59 Å². The highest BCUT2D eigenvalue weighted by molar-refractivity contribution is 6.10. The largest absolute Gasteiger partial charge is 0.454 e. The molecule has 0 aliphatic carbocycles. The maximum Gasteiger partial charge on any atom is 0.239 e. The first kappa shape index (κ1) is 16.6. The smallest absolute Gasteiger partial charge is 0.239 e. The second kappa shape index (κ2) is 6.32. The molecule has 2 aliphatic heterocycles.